The van der Waals surface area contributed by atoms with E-state index in [2.05, 4.69) is 20.9 Å². The van der Waals surface area contributed by atoms with Gasteiger partial charge in [0.1, 0.15) is 0 Å². The van der Waals surface area contributed by atoms with Gasteiger partial charge >= 0.3 is 0 Å². The van der Waals surface area contributed by atoms with Crippen LogP contribution >= 0.6 is 15.9 Å². The summed E-state index contributed by atoms with van der Waals surface area (Å²) >= 11 is 3.24. The number of sulfonamides is 1. The number of pyridine rings is 1. The van der Waals surface area contributed by atoms with E-state index in [1.165, 1.54) is 17.4 Å². The summed E-state index contributed by atoms with van der Waals surface area (Å²) in [5, 5.41) is 0. The molecule has 0 spiro atoms. The summed E-state index contributed by atoms with van der Waals surface area (Å²) in [7, 11) is -2.11. The average molecular weight is 356 g/mol. The highest BCUT2D eigenvalue weighted by molar-refractivity contribution is 9.10. The van der Waals surface area contributed by atoms with Crippen LogP contribution in [0.4, 0.5) is 5.69 Å². The van der Waals surface area contributed by atoms with Crippen molar-refractivity contribution in [3.05, 3.63) is 52.8 Å². The van der Waals surface area contributed by atoms with Crippen molar-refractivity contribution in [3.63, 3.8) is 0 Å². The summed E-state index contributed by atoms with van der Waals surface area (Å²) in [4.78, 5) is 4.27. The van der Waals surface area contributed by atoms with Crippen LogP contribution in [-0.2, 0) is 16.6 Å². The van der Waals surface area contributed by atoms with E-state index in [-0.39, 0.29) is 11.4 Å². The van der Waals surface area contributed by atoms with E-state index >= 15 is 0 Å². The highest BCUT2D eigenvalue weighted by Crippen LogP contribution is 2.27. The molecule has 0 fully saturated rings. The zero-order valence-electron chi connectivity index (χ0n) is 10.8. The number of hydrogen-bond donors (Lipinski definition) is 1. The number of nitrogens with zero attached hydrogens (tertiary/aromatic N) is 2. The van der Waals surface area contributed by atoms with Gasteiger partial charge < -0.3 is 5.73 Å². The lowest BCUT2D eigenvalue weighted by Crippen LogP contribution is -2.27. The van der Waals surface area contributed by atoms with Gasteiger partial charge in [0.25, 0.3) is 0 Å². The van der Waals surface area contributed by atoms with Crippen molar-refractivity contribution in [3.8, 4) is 0 Å². The lowest BCUT2D eigenvalue weighted by atomic mass is 10.3. The second kappa shape index (κ2) is 5.90. The fourth-order valence-electron chi connectivity index (χ4n) is 1.69. The zero-order chi connectivity index (χ0) is 14.8. The van der Waals surface area contributed by atoms with Crippen LogP contribution in [0.15, 0.2) is 52.0 Å². The van der Waals surface area contributed by atoms with Crippen LogP contribution in [0.3, 0.4) is 0 Å². The summed E-state index contributed by atoms with van der Waals surface area (Å²) in [6.45, 7) is 0.199. The maximum atomic E-state index is 12.5. The molecule has 0 radical (unpaired) electrons. The minimum Gasteiger partial charge on any atom is -0.399 e. The highest BCUT2D eigenvalue weighted by Gasteiger charge is 2.24. The fourth-order valence-corrected chi connectivity index (χ4v) is 3.79. The predicted molar refractivity (Wildman–Crippen MR) is 81.4 cm³/mol. The third-order valence-electron chi connectivity index (χ3n) is 2.75. The van der Waals surface area contributed by atoms with Gasteiger partial charge in [-0.15, -0.1) is 0 Å². The Labute approximate surface area is 126 Å². The Bertz CT molecular complexity index is 705. The summed E-state index contributed by atoms with van der Waals surface area (Å²) < 4.78 is 26.8. The van der Waals surface area contributed by atoms with E-state index in [0.29, 0.717) is 15.9 Å². The quantitative estimate of drug-likeness (QED) is 0.853. The van der Waals surface area contributed by atoms with Crippen molar-refractivity contribution in [2.45, 2.75) is 11.4 Å². The average Bonchev–Trinajstić information content (AvgIpc) is 2.42. The Hall–Kier alpha value is -1.44. The van der Waals surface area contributed by atoms with E-state index in [1.54, 1.807) is 30.5 Å². The molecule has 0 saturated heterocycles. The number of rotatable bonds is 4. The lowest BCUT2D eigenvalue weighted by molar-refractivity contribution is 0.462. The molecule has 1 aromatic heterocycles. The molecule has 1 heterocycles. The molecule has 0 saturated carbocycles. The number of nitrogens with two attached hydrogens (primary N) is 1. The van der Waals surface area contributed by atoms with Crippen LogP contribution < -0.4 is 5.73 Å². The monoisotopic (exact) mass is 355 g/mol. The SMILES string of the molecule is CN(Cc1ccccn1)S(=O)(=O)c1cc(N)ccc1Br. The van der Waals surface area contributed by atoms with Crippen LogP contribution in [0.25, 0.3) is 0 Å². The third kappa shape index (κ3) is 3.17. The van der Waals surface area contributed by atoms with Crippen LogP contribution in [0.1, 0.15) is 5.69 Å². The van der Waals surface area contributed by atoms with Gasteiger partial charge in [0.2, 0.25) is 10.0 Å². The van der Waals surface area contributed by atoms with Crippen LogP contribution in [-0.4, -0.2) is 24.8 Å². The second-order valence-corrected chi connectivity index (χ2v) is 7.14. The van der Waals surface area contributed by atoms with E-state index in [4.69, 9.17) is 5.73 Å². The summed E-state index contributed by atoms with van der Waals surface area (Å²) in [6, 6.07) is 10.1. The van der Waals surface area contributed by atoms with Gasteiger partial charge in [0.05, 0.1) is 17.1 Å². The van der Waals surface area contributed by atoms with Gasteiger partial charge in [-0.3, -0.25) is 4.98 Å². The molecule has 7 heteroatoms. The van der Waals surface area contributed by atoms with Gasteiger partial charge in [-0.2, -0.15) is 4.31 Å². The topological polar surface area (TPSA) is 76.3 Å². The summed E-state index contributed by atoms with van der Waals surface area (Å²) in [5.74, 6) is 0. The Morgan fingerprint density at radius 1 is 1.30 bits per heavy atom. The van der Waals surface area contributed by atoms with Crippen LogP contribution in [0.5, 0.6) is 0 Å². The van der Waals surface area contributed by atoms with Gasteiger partial charge in [0, 0.05) is 23.4 Å². The number of aromatic nitrogens is 1. The number of benzene rings is 1. The zero-order valence-corrected chi connectivity index (χ0v) is 13.2. The maximum Gasteiger partial charge on any atom is 0.244 e. The van der Waals surface area contributed by atoms with Crippen LogP contribution in [0, 0.1) is 0 Å². The van der Waals surface area contributed by atoms with Gasteiger partial charge in [0.15, 0.2) is 0 Å². The van der Waals surface area contributed by atoms with Crippen molar-refractivity contribution in [2.24, 2.45) is 0 Å². The molecule has 0 aliphatic carbocycles. The smallest absolute Gasteiger partial charge is 0.244 e. The van der Waals surface area contributed by atoms with Crippen molar-refractivity contribution < 1.29 is 8.42 Å². The Balaban J connectivity index is 2.32. The number of halogens is 1. The largest absolute Gasteiger partial charge is 0.399 e. The molecule has 0 aliphatic rings. The lowest BCUT2D eigenvalue weighted by Gasteiger charge is -2.18. The molecule has 2 N–H and O–H groups in total. The first-order valence-corrected chi connectivity index (χ1v) is 8.06. The summed E-state index contributed by atoms with van der Waals surface area (Å²) in [6.07, 6.45) is 1.63. The molecule has 0 atom stereocenters. The first kappa shape index (κ1) is 15.0. The predicted octanol–water partition coefficient (Wildman–Crippen LogP) is 2.25. The standard InChI is InChI=1S/C13H14BrN3O2S/c1-17(9-11-4-2-3-7-16-11)20(18,19)13-8-10(15)5-6-12(13)14/h2-8H,9,15H2,1H3. The molecule has 0 aliphatic heterocycles. The molecule has 0 amide bonds. The highest BCUT2D eigenvalue weighted by atomic mass is 79.9. The Morgan fingerprint density at radius 3 is 2.70 bits per heavy atom. The Kier molecular flexibility index (Phi) is 4.42. The van der Waals surface area contributed by atoms with E-state index in [1.807, 2.05) is 6.07 Å². The van der Waals surface area contributed by atoms with Crippen molar-refractivity contribution in [1.29, 1.82) is 0 Å². The van der Waals surface area contributed by atoms with Gasteiger partial charge in [-0.05, 0) is 46.3 Å². The number of hydrogen-bond acceptors (Lipinski definition) is 4. The minimum atomic E-state index is -3.62. The number of anilines is 1. The molecule has 2 rings (SSSR count). The summed E-state index contributed by atoms with van der Waals surface area (Å²) in [5.41, 5.74) is 6.74. The fraction of sp³-hybridized carbons (Fsp3) is 0.154. The molecule has 5 nitrogen and oxygen atoms in total. The van der Waals surface area contributed by atoms with Crippen molar-refractivity contribution in [2.75, 3.05) is 12.8 Å². The van der Waals surface area contributed by atoms with E-state index < -0.39 is 10.0 Å². The first-order valence-electron chi connectivity index (χ1n) is 5.82. The molecule has 0 unspecified atom stereocenters. The van der Waals surface area contributed by atoms with Crippen molar-refractivity contribution in [1.82, 2.24) is 9.29 Å². The normalized spacial score (nSPS) is 11.8. The molecular weight excluding hydrogens is 342 g/mol. The first-order chi connectivity index (χ1) is 9.41. The molecule has 20 heavy (non-hydrogen) atoms. The van der Waals surface area contributed by atoms with E-state index in [0.717, 1.165) is 0 Å². The molecule has 0 bridgehead atoms. The molecule has 106 valence electrons. The third-order valence-corrected chi connectivity index (χ3v) is 5.55. The van der Waals surface area contributed by atoms with Crippen molar-refractivity contribution >= 4 is 31.6 Å². The van der Waals surface area contributed by atoms with E-state index in [9.17, 15) is 8.42 Å². The van der Waals surface area contributed by atoms with Crippen LogP contribution in [0.2, 0.25) is 0 Å². The molecule has 2 aromatic rings. The second-order valence-electron chi connectivity index (χ2n) is 4.27. The maximum absolute atomic E-state index is 12.5. The minimum absolute atomic E-state index is 0.149. The Morgan fingerprint density at radius 2 is 2.05 bits per heavy atom. The van der Waals surface area contributed by atoms with Gasteiger partial charge in [-0.25, -0.2) is 8.42 Å². The number of nitrogen functional groups attached to an aromatic ring is 1. The molecular formula is C13H14BrN3O2S. The van der Waals surface area contributed by atoms with Gasteiger partial charge in [-0.1, -0.05) is 6.07 Å². The molecule has 1 aromatic carbocycles.